The SMILES string of the molecule is N[C@@](Cc1ccccc1)(c1cc(F)cc(C(F)(F)F)c1)c1ccc(Cl)cn1.O=S(=O)(CC(F)(F)F)N[C@@](Cc1ccccc1)(c1cc(F)cc(C(F)(F)F)c1)c1ccc(Cl)cn1.O=S(=O)(Cl)CC(F)(F)F. The van der Waals surface area contributed by atoms with Gasteiger partial charge in [-0.3, -0.25) is 9.97 Å². The monoisotopic (exact) mass is 1120 g/mol. The molecular formula is C44H33Cl3F14N4O4S2. The van der Waals surface area contributed by atoms with E-state index in [1.807, 2.05) is 10.8 Å². The molecule has 0 aliphatic heterocycles. The van der Waals surface area contributed by atoms with Gasteiger partial charge in [0.05, 0.1) is 38.1 Å². The summed E-state index contributed by atoms with van der Waals surface area (Å²) in [5.41, 5.74) is 0.614. The predicted octanol–water partition coefficient (Wildman–Crippen LogP) is 12.3. The highest BCUT2D eigenvalue weighted by Crippen LogP contribution is 2.40. The molecule has 0 saturated carbocycles. The van der Waals surface area contributed by atoms with E-state index in [1.54, 1.807) is 36.4 Å². The van der Waals surface area contributed by atoms with Gasteiger partial charge in [0.2, 0.25) is 19.1 Å². The second-order valence-corrected chi connectivity index (χ2v) is 20.5. The summed E-state index contributed by atoms with van der Waals surface area (Å²) >= 11 is 11.7. The summed E-state index contributed by atoms with van der Waals surface area (Å²) in [7, 11) is -5.40. The van der Waals surface area contributed by atoms with Gasteiger partial charge in [0, 0.05) is 35.9 Å². The molecule has 2 atom stereocenters. The lowest BCUT2D eigenvalue weighted by molar-refractivity contribution is -0.138. The van der Waals surface area contributed by atoms with Crippen LogP contribution in [-0.2, 0) is 55.3 Å². The lowest BCUT2D eigenvalue weighted by Crippen LogP contribution is -2.51. The van der Waals surface area contributed by atoms with Crippen molar-refractivity contribution in [2.75, 3.05) is 11.5 Å². The number of hydrogen-bond acceptors (Lipinski definition) is 7. The van der Waals surface area contributed by atoms with Crippen LogP contribution in [0, 0.1) is 11.6 Å². The number of nitrogens with two attached hydrogens (primary N) is 1. The van der Waals surface area contributed by atoms with Crippen molar-refractivity contribution < 1.29 is 78.3 Å². The highest BCUT2D eigenvalue weighted by atomic mass is 35.7. The molecule has 384 valence electrons. The van der Waals surface area contributed by atoms with E-state index in [-0.39, 0.29) is 34.5 Å². The number of benzene rings is 4. The number of halogens is 17. The van der Waals surface area contributed by atoms with Gasteiger partial charge in [0.25, 0.3) is 0 Å². The van der Waals surface area contributed by atoms with Gasteiger partial charge in [-0.1, -0.05) is 83.9 Å². The van der Waals surface area contributed by atoms with Crippen molar-refractivity contribution in [3.63, 3.8) is 0 Å². The van der Waals surface area contributed by atoms with E-state index < -0.39 is 101 Å². The van der Waals surface area contributed by atoms with E-state index >= 15 is 0 Å². The van der Waals surface area contributed by atoms with E-state index in [9.17, 15) is 78.3 Å². The lowest BCUT2D eigenvalue weighted by Gasteiger charge is -2.35. The summed E-state index contributed by atoms with van der Waals surface area (Å²) < 4.78 is 227. The first kappa shape index (κ1) is 58.5. The Hall–Kier alpha value is -5.11. The van der Waals surface area contributed by atoms with Gasteiger partial charge in [-0.25, -0.2) is 25.6 Å². The van der Waals surface area contributed by atoms with Crippen LogP contribution in [-0.4, -0.2) is 50.7 Å². The van der Waals surface area contributed by atoms with E-state index in [0.717, 1.165) is 30.0 Å². The minimum atomic E-state index is -5.24. The topological polar surface area (TPSA) is 132 Å². The van der Waals surface area contributed by atoms with Crippen LogP contribution in [0.5, 0.6) is 0 Å². The zero-order chi connectivity index (χ0) is 53.4. The van der Waals surface area contributed by atoms with Crippen LogP contribution >= 0.6 is 33.9 Å². The molecule has 0 radical (unpaired) electrons. The fourth-order valence-electron chi connectivity index (χ4n) is 6.64. The number of pyridine rings is 2. The maximum absolute atomic E-state index is 14.4. The van der Waals surface area contributed by atoms with Crippen molar-refractivity contribution in [1.82, 2.24) is 14.7 Å². The van der Waals surface area contributed by atoms with E-state index in [4.69, 9.17) is 28.9 Å². The molecule has 0 fully saturated rings. The molecule has 0 unspecified atom stereocenters. The summed E-state index contributed by atoms with van der Waals surface area (Å²) in [5, 5.41) is 0.423. The molecular weight excluding hydrogens is 1080 g/mol. The average Bonchev–Trinajstić information content (AvgIpc) is 3.22. The average molecular weight is 1120 g/mol. The maximum atomic E-state index is 14.4. The highest BCUT2D eigenvalue weighted by molar-refractivity contribution is 8.13. The molecule has 4 aromatic carbocycles. The predicted molar refractivity (Wildman–Crippen MR) is 236 cm³/mol. The molecule has 0 saturated heterocycles. The zero-order valence-electron chi connectivity index (χ0n) is 35.4. The summed E-state index contributed by atoms with van der Waals surface area (Å²) in [5.74, 6) is -6.69. The van der Waals surface area contributed by atoms with Gasteiger partial charge in [0.15, 0.2) is 11.5 Å². The van der Waals surface area contributed by atoms with Gasteiger partial charge >= 0.3 is 24.7 Å². The Morgan fingerprint density at radius 3 is 1.28 bits per heavy atom. The molecule has 27 heteroatoms. The molecule has 0 bridgehead atoms. The number of hydrogen-bond donors (Lipinski definition) is 2. The molecule has 2 heterocycles. The van der Waals surface area contributed by atoms with Gasteiger partial charge < -0.3 is 5.73 Å². The highest BCUT2D eigenvalue weighted by Gasteiger charge is 2.46. The Bertz CT molecular complexity index is 2960. The summed E-state index contributed by atoms with van der Waals surface area (Å²) in [6, 6.07) is 25.6. The minimum Gasteiger partial charge on any atom is -0.316 e. The smallest absolute Gasteiger partial charge is 0.316 e. The third-order valence-electron chi connectivity index (χ3n) is 9.46. The molecule has 2 aromatic heterocycles. The van der Waals surface area contributed by atoms with Crippen LogP contribution in [0.4, 0.5) is 61.5 Å². The third-order valence-corrected chi connectivity index (χ3v) is 12.3. The Kier molecular flexibility index (Phi) is 18.7. The molecule has 8 nitrogen and oxygen atoms in total. The maximum Gasteiger partial charge on any atom is 0.416 e. The molecule has 0 spiro atoms. The Labute approximate surface area is 410 Å². The van der Waals surface area contributed by atoms with E-state index in [1.165, 1.54) is 42.6 Å². The van der Waals surface area contributed by atoms with Crippen molar-refractivity contribution >= 4 is 53.0 Å². The van der Waals surface area contributed by atoms with Crippen LogP contribution in [0.15, 0.2) is 134 Å². The van der Waals surface area contributed by atoms with Crippen molar-refractivity contribution in [2.45, 2.75) is 48.6 Å². The van der Waals surface area contributed by atoms with Crippen LogP contribution in [0.1, 0.15) is 44.8 Å². The number of nitrogens with zero attached hydrogens (tertiary/aromatic N) is 2. The molecule has 71 heavy (non-hydrogen) atoms. The fourth-order valence-corrected chi connectivity index (χ4v) is 8.95. The molecule has 0 amide bonds. The van der Waals surface area contributed by atoms with Crippen molar-refractivity contribution in [2.24, 2.45) is 5.73 Å². The number of rotatable bonds is 12. The summed E-state index contributed by atoms with van der Waals surface area (Å²) in [6.07, 6.45) is -17.6. The largest absolute Gasteiger partial charge is 0.416 e. The van der Waals surface area contributed by atoms with E-state index in [0.29, 0.717) is 28.8 Å². The minimum absolute atomic E-state index is 0.0199. The molecule has 3 N–H and O–H groups in total. The normalized spacial score (nSPS) is 14.2. The van der Waals surface area contributed by atoms with Gasteiger partial charge in [0.1, 0.15) is 17.2 Å². The molecule has 6 rings (SSSR count). The van der Waals surface area contributed by atoms with Gasteiger partial charge in [-0.15, -0.1) is 0 Å². The first-order chi connectivity index (χ1) is 32.5. The first-order valence-corrected chi connectivity index (χ1v) is 24.3. The Morgan fingerprint density at radius 2 is 0.901 bits per heavy atom. The second-order valence-electron chi connectivity index (χ2n) is 15.2. The number of alkyl halides is 12. The Balaban J connectivity index is 0.000000269. The molecule has 0 aliphatic rings. The van der Waals surface area contributed by atoms with Crippen LogP contribution in [0.25, 0.3) is 0 Å². The number of nitrogens with one attached hydrogen (secondary N) is 1. The zero-order valence-corrected chi connectivity index (χ0v) is 39.3. The summed E-state index contributed by atoms with van der Waals surface area (Å²) in [4.78, 5) is 8.17. The quantitative estimate of drug-likeness (QED) is 0.0921. The van der Waals surface area contributed by atoms with E-state index in [2.05, 4.69) is 20.7 Å². The molecule has 6 aromatic rings. The van der Waals surface area contributed by atoms with Crippen LogP contribution < -0.4 is 10.5 Å². The number of sulfonamides is 1. The lowest BCUT2D eigenvalue weighted by atomic mass is 9.81. The second kappa shape index (κ2) is 22.8. The van der Waals surface area contributed by atoms with Crippen molar-refractivity contribution in [3.8, 4) is 0 Å². The summed E-state index contributed by atoms with van der Waals surface area (Å²) in [6.45, 7) is 0. The first-order valence-electron chi connectivity index (χ1n) is 19.4. The standard InChI is InChI=1S/C22H16ClF7N2O2S.C20H15ClF4N2.C2H2ClF3O2S/c23-17-6-7-19(31-12-17)20(11-14-4-2-1-3-5-14,32-35(33,34)13-21(25,26)27)15-8-16(22(28,29)30)10-18(24)9-15;21-16-6-7-18(27-12-16)19(26,11-13-4-2-1-3-5-13)14-8-15(20(23,24)25)10-17(22)9-14;3-9(7,8)1-2(4,5)6/h1-10,12,32H,11,13H2;1-10,12H,11,26H2;1H2/t20-;19-;/m00./s1. The third kappa shape index (κ3) is 18.2. The Morgan fingerprint density at radius 1 is 0.507 bits per heavy atom. The fraction of sp³-hybridized carbons (Fsp3) is 0.227. The molecule has 0 aliphatic carbocycles. The van der Waals surface area contributed by atoms with Crippen LogP contribution in [0.3, 0.4) is 0 Å². The van der Waals surface area contributed by atoms with Crippen molar-refractivity contribution in [1.29, 1.82) is 0 Å². The van der Waals surface area contributed by atoms with Crippen molar-refractivity contribution in [3.05, 3.63) is 200 Å². The van der Waals surface area contributed by atoms with Crippen LogP contribution in [0.2, 0.25) is 10.0 Å². The number of aromatic nitrogens is 2. The van der Waals surface area contributed by atoms with Gasteiger partial charge in [-0.05, 0) is 82.9 Å². The van der Waals surface area contributed by atoms with Gasteiger partial charge in [-0.2, -0.15) is 57.4 Å².